The smallest absolute Gasteiger partial charge is 0.270 e. The molecule has 1 saturated heterocycles. The normalized spacial score (nSPS) is 14.2. The van der Waals surface area contributed by atoms with Crippen molar-refractivity contribution in [3.8, 4) is 0 Å². The summed E-state index contributed by atoms with van der Waals surface area (Å²) < 4.78 is 29.8. The second-order valence-corrected chi connectivity index (χ2v) is 12.1. The lowest BCUT2D eigenvalue weighted by atomic mass is 9.99. The number of likely N-dealkylation sites (tertiary alicyclic amines) is 1. The van der Waals surface area contributed by atoms with Gasteiger partial charge in [0.1, 0.15) is 17.3 Å². The van der Waals surface area contributed by atoms with Crippen LogP contribution in [0.2, 0.25) is 0 Å². The first-order valence-corrected chi connectivity index (χ1v) is 16.0. The van der Waals surface area contributed by atoms with Gasteiger partial charge in [0.2, 0.25) is 0 Å². The predicted molar refractivity (Wildman–Crippen MR) is 174 cm³/mol. The molecule has 2 atom stereocenters. The zero-order valence-corrected chi connectivity index (χ0v) is 27.1. The van der Waals surface area contributed by atoms with E-state index in [4.69, 9.17) is 0 Å². The lowest BCUT2D eigenvalue weighted by Gasteiger charge is -2.25. The maximum atomic E-state index is 14.1. The highest BCUT2D eigenvalue weighted by Crippen LogP contribution is 2.20. The highest BCUT2D eigenvalue weighted by atomic mass is 19.1. The van der Waals surface area contributed by atoms with E-state index >= 15 is 0 Å². The Kier molecular flexibility index (Phi) is 11.9. The van der Waals surface area contributed by atoms with Gasteiger partial charge in [-0.25, -0.2) is 8.78 Å². The molecular formula is C35H45F2N5O4. The fraction of sp³-hybridized carbons (Fsp3) is 0.457. The number of aliphatic hydroxyl groups is 1. The third-order valence-corrected chi connectivity index (χ3v) is 8.15. The fourth-order valence-electron chi connectivity index (χ4n) is 5.91. The van der Waals surface area contributed by atoms with Crippen LogP contribution in [0.3, 0.4) is 0 Å². The number of amides is 3. The number of aryl methyl sites for hydroxylation is 2. The number of carbonyl (C=O) groups is 3. The van der Waals surface area contributed by atoms with Gasteiger partial charge in [-0.05, 0) is 86.6 Å². The number of aromatic nitrogens is 1. The van der Waals surface area contributed by atoms with Crippen LogP contribution in [-0.4, -0.2) is 82.1 Å². The van der Waals surface area contributed by atoms with Gasteiger partial charge < -0.3 is 30.1 Å². The number of nitrogens with one attached hydrogen (secondary N) is 2. The van der Waals surface area contributed by atoms with Crippen LogP contribution in [0.4, 0.5) is 14.5 Å². The number of aliphatic hydroxyl groups excluding tert-OH is 1. The van der Waals surface area contributed by atoms with Gasteiger partial charge in [0.25, 0.3) is 17.7 Å². The summed E-state index contributed by atoms with van der Waals surface area (Å²) in [4.78, 5) is 43.4. The first kappa shape index (κ1) is 34.6. The maximum Gasteiger partial charge on any atom is 0.270 e. The molecule has 0 bridgehead atoms. The highest BCUT2D eigenvalue weighted by Gasteiger charge is 2.26. The molecule has 3 amide bonds. The summed E-state index contributed by atoms with van der Waals surface area (Å²) in [6.45, 7) is 8.42. The minimum Gasteiger partial charge on any atom is -0.389 e. The van der Waals surface area contributed by atoms with Gasteiger partial charge in [-0.1, -0.05) is 13.8 Å². The number of carbonyl (C=O) groups excluding carboxylic acids is 3. The Morgan fingerprint density at radius 3 is 2.20 bits per heavy atom. The first-order chi connectivity index (χ1) is 22.0. The van der Waals surface area contributed by atoms with Crippen molar-refractivity contribution >= 4 is 23.4 Å². The summed E-state index contributed by atoms with van der Waals surface area (Å²) in [5.74, 6) is -2.29. The number of benzene rings is 2. The van der Waals surface area contributed by atoms with Crippen LogP contribution in [0.25, 0.3) is 0 Å². The summed E-state index contributed by atoms with van der Waals surface area (Å²) in [7, 11) is 1.77. The van der Waals surface area contributed by atoms with Crippen LogP contribution < -0.4 is 10.6 Å². The highest BCUT2D eigenvalue weighted by molar-refractivity contribution is 6.00. The molecule has 248 valence electrons. The molecule has 11 heteroatoms. The number of hydrogen-bond acceptors (Lipinski definition) is 5. The Hall–Kier alpha value is -4.25. The van der Waals surface area contributed by atoms with Crippen molar-refractivity contribution < 1.29 is 28.3 Å². The molecule has 3 N–H and O–H groups in total. The molecule has 2 unspecified atom stereocenters. The zero-order chi connectivity index (χ0) is 33.4. The standard InChI is InChI=1S/C35H45F2N5O4/c1-5-9-41(10-6-2)34(45)26-14-23(3)13-25(18-26)33(44)39-30(17-24-15-27(36)19-28(37)16-24)32(43)21-38-29-20-31(40(4)22-29)35(46)42-11-7-8-12-42/h13-16,18-20,22,30,32,38,43H,5-12,17,21H2,1-4H3,(H,39,44). The number of anilines is 1. The lowest BCUT2D eigenvalue weighted by molar-refractivity contribution is 0.0753. The summed E-state index contributed by atoms with van der Waals surface area (Å²) in [6, 6.07) is 8.78. The van der Waals surface area contributed by atoms with E-state index in [2.05, 4.69) is 10.6 Å². The molecule has 1 aliphatic rings. The maximum absolute atomic E-state index is 14.1. The minimum atomic E-state index is -1.19. The Morgan fingerprint density at radius 1 is 0.935 bits per heavy atom. The number of rotatable bonds is 14. The van der Waals surface area contributed by atoms with E-state index < -0.39 is 29.7 Å². The van der Waals surface area contributed by atoms with Crippen molar-refractivity contribution in [2.45, 2.75) is 65.0 Å². The van der Waals surface area contributed by atoms with E-state index in [0.29, 0.717) is 30.0 Å². The van der Waals surface area contributed by atoms with Gasteiger partial charge >= 0.3 is 0 Å². The lowest BCUT2D eigenvalue weighted by Crippen LogP contribution is -2.47. The average molecular weight is 638 g/mol. The van der Waals surface area contributed by atoms with Crippen LogP contribution in [0.1, 0.15) is 81.9 Å². The van der Waals surface area contributed by atoms with Gasteiger partial charge in [0.05, 0.1) is 17.8 Å². The minimum absolute atomic E-state index is 0.0232. The molecule has 2 aromatic carbocycles. The van der Waals surface area contributed by atoms with Crippen LogP contribution in [-0.2, 0) is 13.5 Å². The van der Waals surface area contributed by atoms with Crippen molar-refractivity contribution in [1.82, 2.24) is 19.7 Å². The van der Waals surface area contributed by atoms with Crippen LogP contribution >= 0.6 is 0 Å². The largest absolute Gasteiger partial charge is 0.389 e. The molecule has 1 aliphatic heterocycles. The van der Waals surface area contributed by atoms with E-state index in [1.54, 1.807) is 47.8 Å². The van der Waals surface area contributed by atoms with Crippen molar-refractivity contribution in [2.24, 2.45) is 7.05 Å². The molecule has 3 aromatic rings. The summed E-state index contributed by atoms with van der Waals surface area (Å²) in [6.07, 6.45) is 4.06. The van der Waals surface area contributed by atoms with Gasteiger partial charge in [0.15, 0.2) is 0 Å². The van der Waals surface area contributed by atoms with E-state index in [1.807, 2.05) is 18.7 Å². The summed E-state index contributed by atoms with van der Waals surface area (Å²) in [5.41, 5.74) is 2.73. The first-order valence-electron chi connectivity index (χ1n) is 16.0. The second kappa shape index (κ2) is 15.8. The number of halogens is 2. The van der Waals surface area contributed by atoms with E-state index in [1.165, 1.54) is 6.07 Å². The van der Waals surface area contributed by atoms with Crippen molar-refractivity contribution in [3.63, 3.8) is 0 Å². The molecular weight excluding hydrogens is 592 g/mol. The Labute approximate surface area is 269 Å². The van der Waals surface area contributed by atoms with Crippen LogP contribution in [0.5, 0.6) is 0 Å². The Morgan fingerprint density at radius 2 is 1.57 bits per heavy atom. The van der Waals surface area contributed by atoms with Crippen molar-refractivity contribution in [1.29, 1.82) is 0 Å². The third-order valence-electron chi connectivity index (χ3n) is 8.15. The molecule has 4 rings (SSSR count). The molecule has 2 heterocycles. The molecule has 1 aromatic heterocycles. The monoisotopic (exact) mass is 637 g/mol. The molecule has 0 radical (unpaired) electrons. The predicted octanol–water partition coefficient (Wildman–Crippen LogP) is 4.92. The Balaban J connectivity index is 1.53. The summed E-state index contributed by atoms with van der Waals surface area (Å²) >= 11 is 0. The fourth-order valence-corrected chi connectivity index (χ4v) is 5.91. The van der Waals surface area contributed by atoms with E-state index in [9.17, 15) is 28.3 Å². The summed E-state index contributed by atoms with van der Waals surface area (Å²) in [5, 5.41) is 17.3. The second-order valence-electron chi connectivity index (χ2n) is 12.1. The van der Waals surface area contributed by atoms with E-state index in [0.717, 1.165) is 62.5 Å². The third kappa shape index (κ3) is 8.93. The van der Waals surface area contributed by atoms with Gasteiger partial charge in [-0.15, -0.1) is 0 Å². The van der Waals surface area contributed by atoms with Gasteiger partial charge in [-0.2, -0.15) is 0 Å². The average Bonchev–Trinajstić information content (AvgIpc) is 3.68. The number of nitrogens with zero attached hydrogens (tertiary/aromatic N) is 3. The topological polar surface area (TPSA) is 107 Å². The molecule has 0 aliphatic carbocycles. The Bertz CT molecular complexity index is 1510. The molecule has 0 spiro atoms. The van der Waals surface area contributed by atoms with Gasteiger partial charge in [0, 0.05) is 63.2 Å². The zero-order valence-electron chi connectivity index (χ0n) is 27.1. The molecule has 1 fully saturated rings. The molecule has 9 nitrogen and oxygen atoms in total. The van der Waals surface area contributed by atoms with Gasteiger partial charge in [-0.3, -0.25) is 14.4 Å². The quantitative estimate of drug-likeness (QED) is 0.233. The molecule has 46 heavy (non-hydrogen) atoms. The molecule has 0 saturated carbocycles. The van der Waals surface area contributed by atoms with Crippen molar-refractivity contribution in [3.05, 3.63) is 88.2 Å². The van der Waals surface area contributed by atoms with E-state index in [-0.39, 0.29) is 35.9 Å². The van der Waals surface area contributed by atoms with Crippen LogP contribution in [0, 0.1) is 18.6 Å². The van der Waals surface area contributed by atoms with Crippen LogP contribution in [0.15, 0.2) is 48.7 Å². The number of hydrogen-bond donors (Lipinski definition) is 3. The SMILES string of the molecule is CCCN(CCC)C(=O)c1cc(C)cc(C(=O)NC(Cc2cc(F)cc(F)c2)C(O)CNc2cc(C(=O)N3CCCC3)n(C)c2)c1. The van der Waals surface area contributed by atoms with Crippen molar-refractivity contribution in [2.75, 3.05) is 38.0 Å².